The third-order valence-corrected chi connectivity index (χ3v) is 8.31. The van der Waals surface area contributed by atoms with Crippen molar-refractivity contribution in [1.29, 1.82) is 0 Å². The van der Waals surface area contributed by atoms with Crippen molar-refractivity contribution >= 4 is 11.9 Å². The normalized spacial score (nSPS) is 12.2. The number of carbonyl (C=O) groups excluding carboxylic acids is 2. The van der Waals surface area contributed by atoms with Gasteiger partial charge in [0.15, 0.2) is 6.10 Å². The number of carbonyl (C=O) groups is 2. The summed E-state index contributed by atoms with van der Waals surface area (Å²) in [5.74, 6) is -0.592. The van der Waals surface area contributed by atoms with Crippen LogP contribution in [0, 0.1) is 0 Å². The van der Waals surface area contributed by atoms with Gasteiger partial charge in [-0.2, -0.15) is 0 Å². The number of unbranched alkanes of at least 4 members (excludes halogenated alkanes) is 24. The van der Waals surface area contributed by atoms with Gasteiger partial charge in [-0.1, -0.05) is 161 Å². The lowest BCUT2D eigenvalue weighted by Crippen LogP contribution is -2.28. The zero-order valence-corrected chi connectivity index (χ0v) is 28.7. The summed E-state index contributed by atoms with van der Waals surface area (Å²) >= 11 is 0. The number of aliphatic hydroxyl groups excluding tert-OH is 1. The minimum atomic E-state index is -0.766. The van der Waals surface area contributed by atoms with Crippen molar-refractivity contribution in [1.82, 2.24) is 0 Å². The second-order valence-corrected chi connectivity index (χ2v) is 12.7. The average Bonchev–Trinajstić information content (AvgIpc) is 3.01. The van der Waals surface area contributed by atoms with Gasteiger partial charge in [0.25, 0.3) is 0 Å². The number of ether oxygens (including phenoxy) is 2. The maximum atomic E-state index is 12.1. The SMILES string of the molecule is CCCCCC/C=C\CCCCCCCC(=O)OC[C@H](CO)OC(=O)CCCCCCCCCCCCCCCCCC. The van der Waals surface area contributed by atoms with Crippen LogP contribution in [0.4, 0.5) is 0 Å². The maximum Gasteiger partial charge on any atom is 0.306 e. The molecule has 0 aliphatic heterocycles. The summed E-state index contributed by atoms with van der Waals surface area (Å²) in [6, 6.07) is 0. The highest BCUT2D eigenvalue weighted by Crippen LogP contribution is 2.15. The van der Waals surface area contributed by atoms with E-state index in [0.717, 1.165) is 44.9 Å². The molecule has 0 aromatic rings. The molecule has 0 rings (SSSR count). The number of aliphatic hydroxyl groups is 1. The van der Waals surface area contributed by atoms with Crippen LogP contribution in [0.2, 0.25) is 0 Å². The van der Waals surface area contributed by atoms with Crippen LogP contribution < -0.4 is 0 Å². The first kappa shape index (κ1) is 41.6. The largest absolute Gasteiger partial charge is 0.462 e. The molecule has 0 aliphatic carbocycles. The lowest BCUT2D eigenvalue weighted by molar-refractivity contribution is -0.161. The smallest absolute Gasteiger partial charge is 0.306 e. The van der Waals surface area contributed by atoms with Gasteiger partial charge in [-0.25, -0.2) is 0 Å². The first-order valence-corrected chi connectivity index (χ1v) is 18.7. The zero-order chi connectivity index (χ0) is 31.5. The Morgan fingerprint density at radius 1 is 0.512 bits per heavy atom. The minimum absolute atomic E-state index is 0.0647. The minimum Gasteiger partial charge on any atom is -0.462 e. The quantitative estimate of drug-likeness (QED) is 0.0447. The Kier molecular flexibility index (Phi) is 34.0. The molecular formula is C38H72O5. The van der Waals surface area contributed by atoms with Crippen LogP contribution in [0.1, 0.15) is 200 Å². The van der Waals surface area contributed by atoms with Crippen molar-refractivity contribution in [3.63, 3.8) is 0 Å². The van der Waals surface area contributed by atoms with Gasteiger partial charge in [0.05, 0.1) is 6.61 Å². The number of hydrogen-bond donors (Lipinski definition) is 1. The highest BCUT2D eigenvalue weighted by atomic mass is 16.6. The van der Waals surface area contributed by atoms with Gasteiger partial charge in [-0.3, -0.25) is 9.59 Å². The Morgan fingerprint density at radius 3 is 1.28 bits per heavy atom. The lowest BCUT2D eigenvalue weighted by Gasteiger charge is -2.15. The van der Waals surface area contributed by atoms with Crippen LogP contribution >= 0.6 is 0 Å². The molecule has 0 aromatic carbocycles. The van der Waals surface area contributed by atoms with Crippen LogP contribution in [0.3, 0.4) is 0 Å². The van der Waals surface area contributed by atoms with Gasteiger partial charge < -0.3 is 14.6 Å². The van der Waals surface area contributed by atoms with E-state index in [4.69, 9.17) is 9.47 Å². The molecule has 0 unspecified atom stereocenters. The van der Waals surface area contributed by atoms with Crippen molar-refractivity contribution in [2.75, 3.05) is 13.2 Å². The van der Waals surface area contributed by atoms with Gasteiger partial charge >= 0.3 is 11.9 Å². The van der Waals surface area contributed by atoms with Gasteiger partial charge in [0.1, 0.15) is 6.61 Å². The predicted molar refractivity (Wildman–Crippen MR) is 182 cm³/mol. The van der Waals surface area contributed by atoms with E-state index in [2.05, 4.69) is 26.0 Å². The first-order valence-electron chi connectivity index (χ1n) is 18.7. The summed E-state index contributed by atoms with van der Waals surface area (Å²) < 4.78 is 10.6. The van der Waals surface area contributed by atoms with Gasteiger partial charge in [-0.05, 0) is 38.5 Å². The molecule has 0 aromatic heterocycles. The van der Waals surface area contributed by atoms with E-state index in [1.807, 2.05) is 0 Å². The van der Waals surface area contributed by atoms with Crippen LogP contribution in [0.25, 0.3) is 0 Å². The molecule has 1 N–H and O–H groups in total. The summed E-state index contributed by atoms with van der Waals surface area (Å²) in [5, 5.41) is 9.53. The molecule has 0 amide bonds. The zero-order valence-electron chi connectivity index (χ0n) is 28.7. The Hall–Kier alpha value is -1.36. The summed E-state index contributed by atoms with van der Waals surface area (Å²) in [7, 11) is 0. The van der Waals surface area contributed by atoms with Crippen LogP contribution in [0.15, 0.2) is 12.2 Å². The van der Waals surface area contributed by atoms with Crippen LogP contribution in [-0.2, 0) is 19.1 Å². The molecule has 0 bridgehead atoms. The molecule has 0 saturated heterocycles. The Balaban J connectivity index is 3.53. The van der Waals surface area contributed by atoms with Gasteiger partial charge in [0, 0.05) is 12.8 Å². The van der Waals surface area contributed by atoms with Crippen molar-refractivity contribution in [3.05, 3.63) is 12.2 Å². The predicted octanol–water partition coefficient (Wildman–Crippen LogP) is 11.3. The average molecular weight is 609 g/mol. The van der Waals surface area contributed by atoms with E-state index in [1.54, 1.807) is 0 Å². The number of allylic oxidation sites excluding steroid dienone is 2. The molecule has 0 aliphatic rings. The van der Waals surface area contributed by atoms with Crippen molar-refractivity contribution < 1.29 is 24.2 Å². The second kappa shape index (κ2) is 35.1. The van der Waals surface area contributed by atoms with Crippen LogP contribution in [-0.4, -0.2) is 36.4 Å². The molecule has 0 heterocycles. The number of esters is 2. The summed E-state index contributed by atoms with van der Waals surface area (Å²) in [6.07, 6.45) is 38.4. The first-order chi connectivity index (χ1) is 21.1. The van der Waals surface area contributed by atoms with Crippen LogP contribution in [0.5, 0.6) is 0 Å². The number of rotatable bonds is 34. The molecule has 0 fully saturated rings. The van der Waals surface area contributed by atoms with E-state index in [1.165, 1.54) is 128 Å². The van der Waals surface area contributed by atoms with Crippen molar-refractivity contribution in [2.45, 2.75) is 206 Å². The molecule has 43 heavy (non-hydrogen) atoms. The molecule has 5 heteroatoms. The molecule has 0 spiro atoms. The van der Waals surface area contributed by atoms with E-state index in [0.29, 0.717) is 12.8 Å². The van der Waals surface area contributed by atoms with E-state index >= 15 is 0 Å². The van der Waals surface area contributed by atoms with Gasteiger partial charge in [0.2, 0.25) is 0 Å². The van der Waals surface area contributed by atoms with Gasteiger partial charge in [-0.15, -0.1) is 0 Å². The van der Waals surface area contributed by atoms with E-state index < -0.39 is 6.10 Å². The van der Waals surface area contributed by atoms with E-state index in [9.17, 15) is 14.7 Å². The molecule has 0 radical (unpaired) electrons. The fourth-order valence-corrected chi connectivity index (χ4v) is 5.43. The Bertz CT molecular complexity index is 617. The van der Waals surface area contributed by atoms with E-state index in [-0.39, 0.29) is 25.2 Å². The molecule has 254 valence electrons. The highest BCUT2D eigenvalue weighted by molar-refractivity contribution is 5.70. The third-order valence-electron chi connectivity index (χ3n) is 8.31. The monoisotopic (exact) mass is 609 g/mol. The fraction of sp³-hybridized carbons (Fsp3) is 0.895. The van der Waals surface area contributed by atoms with Crippen molar-refractivity contribution in [3.8, 4) is 0 Å². The summed E-state index contributed by atoms with van der Waals surface area (Å²) in [6.45, 7) is 4.12. The maximum absolute atomic E-state index is 12.1. The lowest BCUT2D eigenvalue weighted by atomic mass is 10.0. The highest BCUT2D eigenvalue weighted by Gasteiger charge is 2.16. The Labute approximate surface area is 267 Å². The summed E-state index contributed by atoms with van der Waals surface area (Å²) in [4.78, 5) is 24.2. The third kappa shape index (κ3) is 33.4. The Morgan fingerprint density at radius 2 is 0.860 bits per heavy atom. The molecule has 1 atom stereocenters. The summed E-state index contributed by atoms with van der Waals surface area (Å²) in [5.41, 5.74) is 0. The standard InChI is InChI=1S/C38H72O5/c1-3-5-7-9-11-13-15-17-18-19-21-23-25-27-29-31-33-38(41)43-36(34-39)35-42-37(40)32-30-28-26-24-22-20-16-14-12-10-8-6-4-2/h14,16,36,39H,3-13,15,17-35H2,1-2H3/b16-14-/t36-/m0/s1. The topological polar surface area (TPSA) is 72.8 Å². The molecule has 5 nitrogen and oxygen atoms in total. The molecule has 0 saturated carbocycles. The van der Waals surface area contributed by atoms with Crippen molar-refractivity contribution in [2.24, 2.45) is 0 Å². The fourth-order valence-electron chi connectivity index (χ4n) is 5.43. The number of hydrogen-bond acceptors (Lipinski definition) is 5. The second-order valence-electron chi connectivity index (χ2n) is 12.7. The molecular weight excluding hydrogens is 536 g/mol.